The van der Waals surface area contributed by atoms with Gasteiger partial charge < -0.3 is 20.9 Å². The first-order valence-electron chi connectivity index (χ1n) is 9.33. The van der Waals surface area contributed by atoms with Gasteiger partial charge in [0.15, 0.2) is 5.82 Å². The Morgan fingerprint density at radius 3 is 2.72 bits per heavy atom. The molecule has 0 unspecified atom stereocenters. The molecule has 0 spiro atoms. The van der Waals surface area contributed by atoms with Crippen molar-refractivity contribution in [2.75, 3.05) is 31.6 Å². The van der Waals surface area contributed by atoms with E-state index in [4.69, 9.17) is 11.5 Å². The number of rotatable bonds is 5. The lowest BCUT2D eigenvalue weighted by atomic mass is 10.2. The predicted molar refractivity (Wildman–Crippen MR) is 114 cm³/mol. The fourth-order valence-electron chi connectivity index (χ4n) is 3.74. The summed E-state index contributed by atoms with van der Waals surface area (Å²) < 4.78 is 24.2. The van der Waals surface area contributed by atoms with E-state index in [-0.39, 0.29) is 6.54 Å². The number of benzene rings is 1. The van der Waals surface area contributed by atoms with Crippen LogP contribution in [0.5, 0.6) is 0 Å². The van der Waals surface area contributed by atoms with Crippen LogP contribution < -0.4 is 11.5 Å². The number of aromatic nitrogens is 3. The molecule has 0 atom stereocenters. The number of hydrogen-bond acceptors (Lipinski definition) is 7. The number of carbonyl (C=O) groups is 1. The molecule has 4 rings (SSSR count). The summed E-state index contributed by atoms with van der Waals surface area (Å²) in [6.45, 7) is 1.74. The Bertz CT molecular complexity index is 1080. The molecule has 0 radical (unpaired) electrons. The van der Waals surface area contributed by atoms with Crippen LogP contribution in [0.3, 0.4) is 0 Å². The monoisotopic (exact) mass is 419 g/mol. The second-order valence-electron chi connectivity index (χ2n) is 7.20. The lowest BCUT2D eigenvalue weighted by Crippen LogP contribution is -2.33. The van der Waals surface area contributed by atoms with Gasteiger partial charge >= 0.3 is 6.03 Å². The van der Waals surface area contributed by atoms with Crippen LogP contribution in [0.1, 0.15) is 12.2 Å². The van der Waals surface area contributed by atoms with Gasteiger partial charge in [0.1, 0.15) is 11.3 Å². The van der Waals surface area contributed by atoms with Gasteiger partial charge in [-0.25, -0.2) is 19.1 Å². The van der Waals surface area contributed by atoms with Crippen LogP contribution in [0.4, 0.5) is 10.6 Å². The highest BCUT2D eigenvalue weighted by Crippen LogP contribution is 2.48. The molecule has 6 N–H and O–H groups in total. The van der Waals surface area contributed by atoms with Crippen LogP contribution >= 0.6 is 10.8 Å². The first-order valence-corrected chi connectivity index (χ1v) is 11.0. The number of primary amides is 1. The highest BCUT2D eigenvalue weighted by atomic mass is 32.3. The number of para-hydroxylation sites is 1. The maximum Gasteiger partial charge on any atom is 0.314 e. The maximum atomic E-state index is 11.6. The molecule has 0 saturated carbocycles. The standard InChI is InChI=1S/C18H25N7O3S/c1-23(18(20)26)11-14-22-15-16(12-5-2-3-6-13(12)21-17(15)19)25(14)9-8-24-7-4-10-29(24,27)28/h2-3,5-6,27-28H,4,7-11H2,1H3,(H2,19,21)(H2,20,26). The molecular formula is C18H25N7O3S. The largest absolute Gasteiger partial charge is 0.382 e. The van der Waals surface area contributed by atoms with Crippen molar-refractivity contribution in [2.45, 2.75) is 19.5 Å². The molecule has 2 amide bonds. The zero-order valence-electron chi connectivity index (χ0n) is 16.2. The van der Waals surface area contributed by atoms with E-state index in [0.29, 0.717) is 42.5 Å². The number of hydrogen-bond donors (Lipinski definition) is 4. The summed E-state index contributed by atoms with van der Waals surface area (Å²) in [6.07, 6.45) is 0.754. The quantitative estimate of drug-likeness (QED) is 0.495. The number of urea groups is 1. The van der Waals surface area contributed by atoms with Crippen molar-refractivity contribution < 1.29 is 13.9 Å². The Morgan fingerprint density at radius 1 is 1.28 bits per heavy atom. The Labute approximate surface area is 169 Å². The fraction of sp³-hybridized carbons (Fsp3) is 0.389. The Hall–Kier alpha value is -2.60. The molecule has 1 aliphatic rings. The summed E-state index contributed by atoms with van der Waals surface area (Å²) in [4.78, 5) is 22.0. The molecule has 1 aromatic carbocycles. The molecular weight excluding hydrogens is 394 g/mol. The van der Waals surface area contributed by atoms with Crippen molar-refractivity contribution in [3.63, 3.8) is 0 Å². The third kappa shape index (κ3) is 3.57. The van der Waals surface area contributed by atoms with E-state index in [9.17, 15) is 13.9 Å². The molecule has 2 aromatic heterocycles. The van der Waals surface area contributed by atoms with Crippen molar-refractivity contribution >= 4 is 44.6 Å². The van der Waals surface area contributed by atoms with E-state index in [1.165, 1.54) is 4.90 Å². The zero-order valence-corrected chi connectivity index (χ0v) is 17.0. The minimum Gasteiger partial charge on any atom is -0.382 e. The Morgan fingerprint density at radius 2 is 2.03 bits per heavy atom. The van der Waals surface area contributed by atoms with Gasteiger partial charge in [0.05, 0.1) is 23.3 Å². The number of imidazole rings is 1. The summed E-state index contributed by atoms with van der Waals surface area (Å²) in [5, 5.41) is 0.894. The number of fused-ring (bicyclic) bond motifs is 3. The molecule has 11 heteroatoms. The number of anilines is 1. The van der Waals surface area contributed by atoms with Crippen LogP contribution in [-0.2, 0) is 13.1 Å². The first kappa shape index (κ1) is 19.7. The summed E-state index contributed by atoms with van der Waals surface area (Å²) in [6, 6.07) is 7.09. The zero-order chi connectivity index (χ0) is 20.8. The molecule has 3 aromatic rings. The number of nitrogens with zero attached hydrogens (tertiary/aromatic N) is 5. The van der Waals surface area contributed by atoms with Gasteiger partial charge in [-0.15, -0.1) is 10.8 Å². The number of nitrogens with two attached hydrogens (primary N) is 2. The highest BCUT2D eigenvalue weighted by Gasteiger charge is 2.29. The molecule has 1 fully saturated rings. The molecule has 0 bridgehead atoms. The summed E-state index contributed by atoms with van der Waals surface area (Å²) >= 11 is 0. The predicted octanol–water partition coefficient (Wildman–Crippen LogP) is 2.05. The van der Waals surface area contributed by atoms with E-state index in [2.05, 4.69) is 9.97 Å². The molecule has 1 saturated heterocycles. The number of pyridine rings is 1. The van der Waals surface area contributed by atoms with Crippen LogP contribution in [0.2, 0.25) is 0 Å². The minimum absolute atomic E-state index is 0.202. The van der Waals surface area contributed by atoms with Gasteiger partial charge in [-0.3, -0.25) is 9.11 Å². The number of nitrogen functional groups attached to an aromatic ring is 1. The van der Waals surface area contributed by atoms with E-state index in [1.54, 1.807) is 11.4 Å². The van der Waals surface area contributed by atoms with E-state index < -0.39 is 16.8 Å². The fourth-order valence-corrected chi connectivity index (χ4v) is 5.31. The second kappa shape index (κ2) is 7.34. The van der Waals surface area contributed by atoms with Crippen LogP contribution in [-0.4, -0.2) is 64.8 Å². The molecule has 1 aliphatic heterocycles. The smallest absolute Gasteiger partial charge is 0.314 e. The Balaban J connectivity index is 1.82. The normalized spacial score (nSPS) is 17.8. The molecule has 29 heavy (non-hydrogen) atoms. The van der Waals surface area contributed by atoms with Crippen LogP contribution in [0.15, 0.2) is 24.3 Å². The first-order chi connectivity index (χ1) is 13.8. The minimum atomic E-state index is -2.72. The van der Waals surface area contributed by atoms with Crippen molar-refractivity contribution in [3.8, 4) is 0 Å². The average molecular weight is 420 g/mol. The third-order valence-corrected chi connectivity index (χ3v) is 7.28. The topological polar surface area (TPSA) is 147 Å². The average Bonchev–Trinajstić information content (AvgIpc) is 3.20. The molecule has 10 nitrogen and oxygen atoms in total. The van der Waals surface area contributed by atoms with Crippen molar-refractivity contribution in [2.24, 2.45) is 5.73 Å². The summed E-state index contributed by atoms with van der Waals surface area (Å²) in [5.41, 5.74) is 13.7. The van der Waals surface area contributed by atoms with Crippen LogP contribution in [0.25, 0.3) is 21.9 Å². The number of amides is 2. The van der Waals surface area contributed by atoms with E-state index >= 15 is 0 Å². The van der Waals surface area contributed by atoms with Crippen molar-refractivity contribution in [3.05, 3.63) is 30.1 Å². The molecule has 3 heterocycles. The van der Waals surface area contributed by atoms with E-state index in [0.717, 1.165) is 22.8 Å². The maximum absolute atomic E-state index is 11.6. The van der Waals surface area contributed by atoms with Crippen molar-refractivity contribution in [1.82, 2.24) is 23.7 Å². The van der Waals surface area contributed by atoms with Crippen LogP contribution in [0, 0.1) is 0 Å². The van der Waals surface area contributed by atoms with Gasteiger partial charge in [0.2, 0.25) is 0 Å². The van der Waals surface area contributed by atoms with Gasteiger partial charge in [0, 0.05) is 32.1 Å². The Kier molecular flexibility index (Phi) is 4.99. The highest BCUT2D eigenvalue weighted by molar-refractivity contribution is 8.22. The van der Waals surface area contributed by atoms with E-state index in [1.807, 2.05) is 28.8 Å². The summed E-state index contributed by atoms with van der Waals surface area (Å²) in [7, 11) is -1.12. The second-order valence-corrected chi connectivity index (χ2v) is 9.39. The van der Waals surface area contributed by atoms with Gasteiger partial charge in [-0.05, 0) is 12.5 Å². The number of carbonyl (C=O) groups excluding carboxylic acids is 1. The van der Waals surface area contributed by atoms with Gasteiger partial charge in [-0.2, -0.15) is 0 Å². The van der Waals surface area contributed by atoms with Gasteiger partial charge in [0.25, 0.3) is 0 Å². The summed E-state index contributed by atoms with van der Waals surface area (Å²) in [5.74, 6) is 1.32. The molecule has 156 valence electrons. The molecule has 0 aliphatic carbocycles. The lowest BCUT2D eigenvalue weighted by Gasteiger charge is -2.36. The lowest BCUT2D eigenvalue weighted by molar-refractivity contribution is 0.215. The third-order valence-electron chi connectivity index (χ3n) is 5.26. The van der Waals surface area contributed by atoms with Gasteiger partial charge in [-0.1, -0.05) is 18.2 Å². The SMILES string of the molecule is CN(Cc1nc2c(N)nc3ccccc3c2n1CCN1CCCS1(O)O)C(N)=O. The van der Waals surface area contributed by atoms with Crippen molar-refractivity contribution in [1.29, 1.82) is 0 Å².